The van der Waals surface area contributed by atoms with Gasteiger partial charge >= 0.3 is 24.0 Å². The maximum Gasteiger partial charge on any atom is 0.410 e. The summed E-state index contributed by atoms with van der Waals surface area (Å²) in [5.41, 5.74) is -3.47. The number of ether oxygens (including phenoxy) is 3. The zero-order valence-corrected chi connectivity index (χ0v) is 44.7. The van der Waals surface area contributed by atoms with Gasteiger partial charge in [0.15, 0.2) is 0 Å². The molecule has 0 aromatic heterocycles. The van der Waals surface area contributed by atoms with Gasteiger partial charge in [0.2, 0.25) is 29.5 Å². The number of nitrogens with zero attached hydrogens (tertiary/aromatic N) is 2. The summed E-state index contributed by atoms with van der Waals surface area (Å²) >= 11 is 0. The number of carboxylic acids is 1. The highest BCUT2D eigenvalue weighted by Gasteiger charge is 2.45. The van der Waals surface area contributed by atoms with Crippen molar-refractivity contribution in [3.8, 4) is 0 Å². The summed E-state index contributed by atoms with van der Waals surface area (Å²) < 4.78 is 16.5. The Morgan fingerprint density at radius 1 is 0.657 bits per heavy atom. The van der Waals surface area contributed by atoms with Gasteiger partial charge in [0.1, 0.15) is 41.0 Å². The fourth-order valence-corrected chi connectivity index (χ4v) is 6.89. The zero-order chi connectivity index (χ0) is 54.2. The zero-order valence-electron chi connectivity index (χ0n) is 44.7. The molecule has 0 saturated heterocycles. The molecule has 394 valence electrons. The smallest absolute Gasteiger partial charge is 0.410 e. The maximum absolute atomic E-state index is 14.5. The average molecular weight is 987 g/mol. The topological polar surface area (TPSA) is 256 Å². The summed E-state index contributed by atoms with van der Waals surface area (Å²) in [5, 5.41) is 19.8. The fourth-order valence-electron chi connectivity index (χ4n) is 6.89. The van der Waals surface area contributed by atoms with Crippen LogP contribution in [0.3, 0.4) is 0 Å². The van der Waals surface area contributed by atoms with Crippen LogP contribution in [0.1, 0.15) is 148 Å². The molecule has 19 nitrogen and oxygen atoms in total. The van der Waals surface area contributed by atoms with Crippen LogP contribution in [-0.4, -0.2) is 137 Å². The first-order chi connectivity index (χ1) is 31.9. The number of hydrogen-bond donors (Lipinski definition) is 5. The Labute approximate surface area is 414 Å². The maximum atomic E-state index is 14.5. The quantitative estimate of drug-likeness (QED) is 0.0403. The van der Waals surface area contributed by atoms with E-state index in [1.54, 1.807) is 83.1 Å². The van der Waals surface area contributed by atoms with Crippen LogP contribution < -0.4 is 21.3 Å². The SMILES string of the molecule is C/C(=C\CN(C)C(=O)C(NC(=O)[C@@H](N(C)C(=O)OC(C)(C)C)C(C)(C)c1ccccc1)C(C)(C)C)C(=O)N[C@H](CCC(=O)NCCCC(=O)N[C@H](CCC(=O)O)C(=O)OC(C)(C)C)C(=O)OC(C)(C)C. The molecule has 0 aliphatic heterocycles. The summed E-state index contributed by atoms with van der Waals surface area (Å²) in [5.74, 6) is -5.41. The molecule has 70 heavy (non-hydrogen) atoms. The first-order valence-corrected chi connectivity index (χ1v) is 23.6. The first kappa shape index (κ1) is 62.0. The Bertz CT molecular complexity index is 2020. The Kier molecular flexibility index (Phi) is 23.3. The van der Waals surface area contributed by atoms with Crippen LogP contribution in [-0.2, 0) is 58.0 Å². The molecule has 5 N–H and O–H groups in total. The van der Waals surface area contributed by atoms with Crippen molar-refractivity contribution in [3.63, 3.8) is 0 Å². The minimum Gasteiger partial charge on any atom is -0.481 e. The summed E-state index contributed by atoms with van der Waals surface area (Å²) in [4.78, 5) is 121. The second-order valence-electron chi connectivity index (χ2n) is 22.1. The predicted octanol–water partition coefficient (Wildman–Crippen LogP) is 5.33. The molecule has 0 saturated carbocycles. The van der Waals surface area contributed by atoms with E-state index in [1.165, 1.54) is 36.9 Å². The lowest BCUT2D eigenvalue weighted by atomic mass is 9.76. The lowest BCUT2D eigenvalue weighted by Gasteiger charge is -2.42. The summed E-state index contributed by atoms with van der Waals surface area (Å²) in [6, 6.07) is 4.63. The van der Waals surface area contributed by atoms with Crippen LogP contribution in [0.25, 0.3) is 0 Å². The highest BCUT2D eigenvalue weighted by molar-refractivity contribution is 5.96. The van der Waals surface area contributed by atoms with Gasteiger partial charge in [-0.05, 0) is 99.5 Å². The molecule has 19 heteroatoms. The predicted molar refractivity (Wildman–Crippen MR) is 264 cm³/mol. The lowest BCUT2D eigenvalue weighted by molar-refractivity contribution is -0.159. The van der Waals surface area contributed by atoms with E-state index >= 15 is 0 Å². The van der Waals surface area contributed by atoms with Crippen molar-refractivity contribution in [1.29, 1.82) is 0 Å². The van der Waals surface area contributed by atoms with Crippen molar-refractivity contribution in [1.82, 2.24) is 31.1 Å². The lowest BCUT2D eigenvalue weighted by Crippen LogP contribution is -2.62. The van der Waals surface area contributed by atoms with Crippen molar-refractivity contribution >= 4 is 53.5 Å². The number of nitrogens with one attached hydrogen (secondary N) is 4. The molecular weight excluding hydrogens is 905 g/mol. The van der Waals surface area contributed by atoms with Crippen molar-refractivity contribution < 1.29 is 62.5 Å². The van der Waals surface area contributed by atoms with Gasteiger partial charge in [-0.1, -0.05) is 71.0 Å². The molecule has 1 rings (SSSR count). The molecule has 4 atom stereocenters. The van der Waals surface area contributed by atoms with Gasteiger partial charge in [0, 0.05) is 57.4 Å². The third-order valence-electron chi connectivity index (χ3n) is 10.6. The van der Waals surface area contributed by atoms with E-state index in [0.29, 0.717) is 0 Å². The molecular formula is C51H82N6O13. The highest BCUT2D eigenvalue weighted by Crippen LogP contribution is 2.32. The number of carbonyl (C=O) groups excluding carboxylic acids is 8. The summed E-state index contributed by atoms with van der Waals surface area (Å²) in [6.45, 7) is 25.6. The minimum absolute atomic E-state index is 0.0607. The van der Waals surface area contributed by atoms with E-state index in [9.17, 15) is 43.2 Å². The monoisotopic (exact) mass is 987 g/mol. The molecule has 1 aromatic carbocycles. The minimum atomic E-state index is -1.24. The molecule has 1 aromatic rings. The first-order valence-electron chi connectivity index (χ1n) is 23.6. The third kappa shape index (κ3) is 22.6. The average Bonchev–Trinajstić information content (AvgIpc) is 3.20. The van der Waals surface area contributed by atoms with Crippen LogP contribution in [0.5, 0.6) is 0 Å². The van der Waals surface area contributed by atoms with Gasteiger partial charge in [-0.25, -0.2) is 14.4 Å². The number of carboxylic acid groups (broad SMARTS) is 1. The van der Waals surface area contributed by atoms with Crippen molar-refractivity contribution in [2.24, 2.45) is 5.41 Å². The number of likely N-dealkylation sites (N-methyl/N-ethyl adjacent to an activating group) is 2. The third-order valence-corrected chi connectivity index (χ3v) is 10.6. The molecule has 0 aliphatic carbocycles. The van der Waals surface area contributed by atoms with E-state index in [4.69, 9.17) is 19.3 Å². The van der Waals surface area contributed by atoms with Gasteiger partial charge in [-0.2, -0.15) is 0 Å². The van der Waals surface area contributed by atoms with Crippen LogP contribution >= 0.6 is 0 Å². The molecule has 6 amide bonds. The number of amides is 6. The number of esters is 2. The highest BCUT2D eigenvalue weighted by atomic mass is 16.6. The van der Waals surface area contributed by atoms with Crippen LogP contribution in [0.4, 0.5) is 4.79 Å². The van der Waals surface area contributed by atoms with Crippen LogP contribution in [0.2, 0.25) is 0 Å². The Morgan fingerprint density at radius 3 is 1.64 bits per heavy atom. The molecule has 0 radical (unpaired) electrons. The normalized spacial score (nSPS) is 14.1. The van der Waals surface area contributed by atoms with E-state index in [-0.39, 0.29) is 57.2 Å². The van der Waals surface area contributed by atoms with E-state index in [2.05, 4.69) is 21.3 Å². The molecule has 0 spiro atoms. The van der Waals surface area contributed by atoms with Gasteiger partial charge in [-0.15, -0.1) is 0 Å². The number of benzene rings is 1. The van der Waals surface area contributed by atoms with Crippen molar-refractivity contribution in [3.05, 3.63) is 47.5 Å². The second-order valence-corrected chi connectivity index (χ2v) is 22.1. The van der Waals surface area contributed by atoms with Gasteiger partial charge in [-0.3, -0.25) is 33.7 Å². The Balaban J connectivity index is 3.13. The van der Waals surface area contributed by atoms with Gasteiger partial charge in [0.05, 0.1) is 0 Å². The van der Waals surface area contributed by atoms with Crippen molar-refractivity contribution in [2.45, 2.75) is 189 Å². The fraction of sp³-hybridized carbons (Fsp3) is 0.667. The van der Waals surface area contributed by atoms with Crippen LogP contribution in [0.15, 0.2) is 42.0 Å². The van der Waals surface area contributed by atoms with Crippen molar-refractivity contribution in [2.75, 3.05) is 27.2 Å². The van der Waals surface area contributed by atoms with Gasteiger partial charge in [0.25, 0.3) is 0 Å². The van der Waals surface area contributed by atoms with E-state index in [1.807, 2.05) is 44.2 Å². The molecule has 1 unspecified atom stereocenters. The largest absolute Gasteiger partial charge is 0.481 e. The number of rotatable bonds is 23. The Morgan fingerprint density at radius 2 is 1.16 bits per heavy atom. The summed E-state index contributed by atoms with van der Waals surface area (Å²) in [6.07, 6.45) is -0.0285. The summed E-state index contributed by atoms with van der Waals surface area (Å²) in [7, 11) is 3.00. The molecule has 0 aliphatic rings. The van der Waals surface area contributed by atoms with E-state index in [0.717, 1.165) is 5.56 Å². The number of carbonyl (C=O) groups is 9. The Hall–Kier alpha value is -6.01. The van der Waals surface area contributed by atoms with Crippen LogP contribution in [0, 0.1) is 5.41 Å². The molecule has 0 fully saturated rings. The molecule has 0 heterocycles. The van der Waals surface area contributed by atoms with E-state index < -0.39 is 105 Å². The number of hydrogen-bond acceptors (Lipinski definition) is 12. The molecule has 0 bridgehead atoms. The second kappa shape index (κ2) is 26.3. The van der Waals surface area contributed by atoms with Gasteiger partial charge < -0.3 is 45.5 Å². The number of aliphatic carboxylic acids is 1. The standard InChI is InChI=1S/C51H82N6O13/c1-32(29-31-56(16)43(64)39(47(2,3)4)55-42(63)40(57(17)46(67)70-50(11,12)13)51(14,15)33-22-19-18-20-23-33)41(62)54-35(45(66)69-49(8,9)10)25-27-36(58)52-30-21-24-37(59)53-34(26-28-38(60)61)44(65)68-48(5,6)7/h18-20,22-23,29,34-35,39-40H,21,24-28,30-31H2,1-17H3,(H,52,58)(H,53,59)(H,54,62)(H,55,63)(H,60,61)/b32-29+/t34-,35-,39?,40-/m1/s1.